The standard InChI is InChI=1S/C32H31N3O6S/c1-17(2)41-31(39)27-19(4)33-32-35(28(27)21-10-12-25(40-6)13-11-21)29(36)26(42-32)16-23-14-18(3)34(20(23)5)24-9-7-8-22(15-24)30(37)38/h7-17,28H,1-6H3,(H,37,38)/b26-16-/t28-/m0/s1. The van der Waals surface area contributed by atoms with E-state index in [2.05, 4.69) is 4.99 Å². The Morgan fingerprint density at radius 3 is 2.43 bits per heavy atom. The first kappa shape index (κ1) is 28.8. The van der Waals surface area contributed by atoms with Gasteiger partial charge in [-0.3, -0.25) is 9.36 Å². The van der Waals surface area contributed by atoms with Crippen molar-refractivity contribution in [3.05, 3.63) is 114 Å². The Balaban J connectivity index is 1.67. The minimum absolute atomic E-state index is 0.190. The van der Waals surface area contributed by atoms with E-state index in [0.717, 1.165) is 28.2 Å². The number of benzene rings is 2. The van der Waals surface area contributed by atoms with Crippen molar-refractivity contribution in [2.24, 2.45) is 4.99 Å². The van der Waals surface area contributed by atoms with Gasteiger partial charge in [0.25, 0.3) is 5.56 Å². The summed E-state index contributed by atoms with van der Waals surface area (Å²) < 4.78 is 14.9. The molecule has 2 aromatic carbocycles. The Morgan fingerprint density at radius 1 is 1.07 bits per heavy atom. The maximum absolute atomic E-state index is 14.0. The van der Waals surface area contributed by atoms with Gasteiger partial charge in [0.2, 0.25) is 0 Å². The van der Waals surface area contributed by atoms with Gasteiger partial charge >= 0.3 is 11.9 Å². The maximum atomic E-state index is 14.0. The summed E-state index contributed by atoms with van der Waals surface area (Å²) in [6.45, 7) is 9.16. The van der Waals surface area contributed by atoms with Gasteiger partial charge in [0.05, 0.1) is 40.6 Å². The predicted molar refractivity (Wildman–Crippen MR) is 160 cm³/mol. The van der Waals surface area contributed by atoms with Gasteiger partial charge in [0.15, 0.2) is 4.80 Å². The first-order valence-corrected chi connectivity index (χ1v) is 14.2. The zero-order chi connectivity index (χ0) is 30.3. The van der Waals surface area contributed by atoms with E-state index in [-0.39, 0.29) is 17.2 Å². The number of rotatable bonds is 7. The molecule has 1 atom stereocenters. The van der Waals surface area contributed by atoms with E-state index in [1.54, 1.807) is 62.8 Å². The fraction of sp³-hybridized carbons (Fsp3) is 0.250. The SMILES string of the molecule is COc1ccc([C@H]2C(C(=O)OC(C)C)=C(C)N=c3s/c(=C\c4cc(C)n(-c5cccc(C(=O)O)c5)c4C)c(=O)n32)cc1. The van der Waals surface area contributed by atoms with E-state index in [1.807, 2.05) is 48.8 Å². The quantitative estimate of drug-likeness (QED) is 0.324. The monoisotopic (exact) mass is 585 g/mol. The van der Waals surface area contributed by atoms with Crippen LogP contribution in [0, 0.1) is 13.8 Å². The number of allylic oxidation sites excluding steroid dienone is 1. The van der Waals surface area contributed by atoms with Crippen LogP contribution in [-0.2, 0) is 9.53 Å². The second-order valence-electron chi connectivity index (χ2n) is 10.3. The van der Waals surface area contributed by atoms with Gasteiger partial charge < -0.3 is 19.1 Å². The first-order valence-electron chi connectivity index (χ1n) is 13.4. The molecule has 1 N–H and O–H groups in total. The molecule has 0 unspecified atom stereocenters. The molecule has 0 amide bonds. The van der Waals surface area contributed by atoms with Crippen LogP contribution in [0.1, 0.15) is 59.7 Å². The van der Waals surface area contributed by atoms with Crippen molar-refractivity contribution < 1.29 is 24.2 Å². The molecule has 10 heteroatoms. The number of ether oxygens (including phenoxy) is 2. The molecule has 0 fully saturated rings. The highest BCUT2D eigenvalue weighted by atomic mass is 32.1. The lowest BCUT2D eigenvalue weighted by Gasteiger charge is -2.25. The molecule has 4 aromatic rings. The van der Waals surface area contributed by atoms with Crippen LogP contribution in [0.2, 0.25) is 0 Å². The summed E-state index contributed by atoms with van der Waals surface area (Å²) >= 11 is 1.25. The van der Waals surface area contributed by atoms with E-state index in [0.29, 0.717) is 26.4 Å². The smallest absolute Gasteiger partial charge is 0.338 e. The highest BCUT2D eigenvalue weighted by Crippen LogP contribution is 2.32. The summed E-state index contributed by atoms with van der Waals surface area (Å²) in [6, 6.07) is 15.2. The molecule has 5 rings (SSSR count). The molecule has 3 heterocycles. The highest BCUT2D eigenvalue weighted by molar-refractivity contribution is 7.07. The highest BCUT2D eigenvalue weighted by Gasteiger charge is 2.34. The topological polar surface area (TPSA) is 112 Å². The Labute approximate surface area is 246 Å². The van der Waals surface area contributed by atoms with E-state index < -0.39 is 18.0 Å². The predicted octanol–water partition coefficient (Wildman–Crippen LogP) is 4.30. The fourth-order valence-corrected chi connectivity index (χ4v) is 6.25. The van der Waals surface area contributed by atoms with Crippen LogP contribution >= 0.6 is 11.3 Å². The van der Waals surface area contributed by atoms with Crippen LogP contribution in [0.4, 0.5) is 0 Å². The summed E-state index contributed by atoms with van der Waals surface area (Å²) in [7, 11) is 1.58. The van der Waals surface area contributed by atoms with E-state index in [9.17, 15) is 19.5 Å². The third-order valence-corrected chi connectivity index (χ3v) is 8.11. The van der Waals surface area contributed by atoms with Crippen LogP contribution < -0.4 is 19.6 Å². The fourth-order valence-electron chi connectivity index (χ4n) is 5.21. The number of hydrogen-bond acceptors (Lipinski definition) is 7. The van der Waals surface area contributed by atoms with Gasteiger partial charge in [-0.05, 0) is 88.2 Å². The van der Waals surface area contributed by atoms with Gasteiger partial charge in [-0.2, -0.15) is 0 Å². The Kier molecular flexibility index (Phi) is 7.74. The lowest BCUT2D eigenvalue weighted by molar-refractivity contribution is -0.143. The van der Waals surface area contributed by atoms with Crippen molar-refractivity contribution in [3.8, 4) is 11.4 Å². The molecule has 0 aliphatic carbocycles. The van der Waals surface area contributed by atoms with Crippen molar-refractivity contribution in [3.63, 3.8) is 0 Å². The van der Waals surface area contributed by atoms with Gasteiger partial charge in [-0.1, -0.05) is 29.5 Å². The number of aryl methyl sites for hydroxylation is 1. The van der Waals surface area contributed by atoms with Gasteiger partial charge in [-0.15, -0.1) is 0 Å². The number of aromatic nitrogens is 2. The molecular weight excluding hydrogens is 554 g/mol. The molecule has 0 bridgehead atoms. The molecule has 0 saturated carbocycles. The molecule has 1 aliphatic rings. The summed E-state index contributed by atoms with van der Waals surface area (Å²) in [4.78, 5) is 44.0. The number of carboxylic acid groups (broad SMARTS) is 1. The van der Waals surface area contributed by atoms with Crippen LogP contribution in [0.25, 0.3) is 11.8 Å². The molecule has 216 valence electrons. The lowest BCUT2D eigenvalue weighted by Crippen LogP contribution is -2.40. The summed E-state index contributed by atoms with van der Waals surface area (Å²) in [5, 5.41) is 9.45. The zero-order valence-electron chi connectivity index (χ0n) is 24.2. The van der Waals surface area contributed by atoms with E-state index >= 15 is 0 Å². The molecule has 0 radical (unpaired) electrons. The van der Waals surface area contributed by atoms with Crippen molar-refractivity contribution >= 4 is 29.4 Å². The average molecular weight is 586 g/mol. The van der Waals surface area contributed by atoms with E-state index in [1.165, 1.54) is 11.3 Å². The third kappa shape index (κ3) is 5.21. The second kappa shape index (κ2) is 11.3. The number of carbonyl (C=O) groups excluding carboxylic acids is 1. The minimum Gasteiger partial charge on any atom is -0.497 e. The summed E-state index contributed by atoms with van der Waals surface area (Å²) in [6.07, 6.45) is 1.48. The molecule has 9 nitrogen and oxygen atoms in total. The van der Waals surface area contributed by atoms with Gasteiger partial charge in [0, 0.05) is 17.1 Å². The second-order valence-corrected chi connectivity index (χ2v) is 11.3. The number of hydrogen-bond donors (Lipinski definition) is 1. The lowest BCUT2D eigenvalue weighted by atomic mass is 9.96. The zero-order valence-corrected chi connectivity index (χ0v) is 25.0. The maximum Gasteiger partial charge on any atom is 0.338 e. The largest absolute Gasteiger partial charge is 0.497 e. The Hall–Kier alpha value is -4.70. The Morgan fingerprint density at radius 2 is 1.79 bits per heavy atom. The Bertz CT molecular complexity index is 1930. The van der Waals surface area contributed by atoms with Crippen molar-refractivity contribution in [2.45, 2.75) is 46.8 Å². The van der Waals surface area contributed by atoms with Gasteiger partial charge in [-0.25, -0.2) is 14.6 Å². The number of nitrogens with zero attached hydrogens (tertiary/aromatic N) is 3. The number of fused-ring (bicyclic) bond motifs is 1. The summed E-state index contributed by atoms with van der Waals surface area (Å²) in [5.41, 5.74) is 4.71. The minimum atomic E-state index is -1.00. The molecule has 0 saturated heterocycles. The van der Waals surface area contributed by atoms with E-state index in [4.69, 9.17) is 9.47 Å². The van der Waals surface area contributed by atoms with Crippen LogP contribution in [0.15, 0.2) is 75.7 Å². The van der Waals surface area contributed by atoms with Crippen LogP contribution in [0.3, 0.4) is 0 Å². The van der Waals surface area contributed by atoms with Crippen molar-refractivity contribution in [1.29, 1.82) is 0 Å². The molecular formula is C32H31N3O6S. The van der Waals surface area contributed by atoms with Crippen molar-refractivity contribution in [2.75, 3.05) is 7.11 Å². The molecule has 1 aliphatic heterocycles. The number of carbonyl (C=O) groups is 2. The van der Waals surface area contributed by atoms with Crippen LogP contribution in [-0.4, -0.2) is 39.4 Å². The van der Waals surface area contributed by atoms with Crippen molar-refractivity contribution in [1.82, 2.24) is 9.13 Å². The molecule has 42 heavy (non-hydrogen) atoms. The summed E-state index contributed by atoms with van der Waals surface area (Å²) in [5.74, 6) is -0.866. The number of methoxy groups -OCH3 is 1. The third-order valence-electron chi connectivity index (χ3n) is 7.12. The number of esters is 1. The molecule has 0 spiro atoms. The average Bonchev–Trinajstić information content (AvgIpc) is 3.41. The normalized spacial score (nSPS) is 15.0. The number of carboxylic acids is 1. The molecule has 2 aromatic heterocycles. The van der Waals surface area contributed by atoms with Gasteiger partial charge in [0.1, 0.15) is 5.75 Å². The number of thiazole rings is 1. The first-order chi connectivity index (χ1) is 20.0. The number of aromatic carboxylic acids is 1. The van der Waals surface area contributed by atoms with Crippen LogP contribution in [0.5, 0.6) is 5.75 Å².